The first-order chi connectivity index (χ1) is 17.1. The van der Waals surface area contributed by atoms with Gasteiger partial charge in [0.2, 0.25) is 12.0 Å². The Morgan fingerprint density at radius 2 is 2.03 bits per heavy atom. The van der Waals surface area contributed by atoms with Crippen LogP contribution < -0.4 is 22.1 Å². The molecule has 0 aliphatic carbocycles. The van der Waals surface area contributed by atoms with Crippen LogP contribution in [0.4, 0.5) is 10.8 Å². The van der Waals surface area contributed by atoms with Crippen LogP contribution in [0.1, 0.15) is 11.3 Å². The summed E-state index contributed by atoms with van der Waals surface area (Å²) in [6.07, 6.45) is -3.24. The van der Waals surface area contributed by atoms with Gasteiger partial charge in [0.1, 0.15) is 19.4 Å². The fraction of sp³-hybridized carbons (Fsp3) is 0.263. The second kappa shape index (κ2) is 11.2. The molecule has 0 bridgehead atoms. The Kier molecular flexibility index (Phi) is 8.07. The zero-order valence-electron chi connectivity index (χ0n) is 18.4. The van der Waals surface area contributed by atoms with E-state index in [1.54, 1.807) is 0 Å². The minimum absolute atomic E-state index is 0.0962. The monoisotopic (exact) mass is 521 g/mol. The first kappa shape index (κ1) is 26.0. The molecule has 0 saturated carbocycles. The van der Waals surface area contributed by atoms with E-state index in [9.17, 15) is 29.3 Å². The Bertz CT molecular complexity index is 1210. The largest absolute Gasteiger partial charge is 0.458 e. The van der Waals surface area contributed by atoms with Crippen LogP contribution in [0.5, 0.6) is 0 Å². The van der Waals surface area contributed by atoms with Crippen LogP contribution in [0.2, 0.25) is 0 Å². The van der Waals surface area contributed by atoms with E-state index < -0.39 is 47.0 Å². The van der Waals surface area contributed by atoms with Gasteiger partial charge >= 0.3 is 5.97 Å². The van der Waals surface area contributed by atoms with Crippen molar-refractivity contribution in [3.8, 4) is 0 Å². The third kappa shape index (κ3) is 6.07. The van der Waals surface area contributed by atoms with Crippen molar-refractivity contribution in [3.63, 3.8) is 0 Å². The molecule has 1 unspecified atom stereocenters. The highest BCUT2D eigenvalue weighted by molar-refractivity contribution is 7.13. The molecule has 3 rings (SSSR count). The van der Waals surface area contributed by atoms with Crippen molar-refractivity contribution in [1.29, 1.82) is 0 Å². The summed E-state index contributed by atoms with van der Waals surface area (Å²) >= 11 is 1.05. The van der Waals surface area contributed by atoms with Crippen molar-refractivity contribution in [2.24, 2.45) is 10.9 Å². The quantitative estimate of drug-likeness (QED) is 0.0665. The lowest BCUT2D eigenvalue weighted by Crippen LogP contribution is -2.71. The Hall–Kier alpha value is -4.64. The van der Waals surface area contributed by atoms with Gasteiger partial charge in [-0.05, 0) is 17.7 Å². The van der Waals surface area contributed by atoms with Gasteiger partial charge in [-0.3, -0.25) is 24.5 Å². The van der Waals surface area contributed by atoms with E-state index in [1.807, 2.05) is 0 Å². The third-order valence-corrected chi connectivity index (χ3v) is 5.28. The molecule has 190 valence electrons. The minimum Gasteiger partial charge on any atom is -0.458 e. The topological polar surface area (TPSA) is 240 Å². The number of non-ortho nitro benzene ring substituents is 1. The number of nitro benzene ring substituents is 1. The Balaban J connectivity index is 1.62. The summed E-state index contributed by atoms with van der Waals surface area (Å²) in [5.74, 6) is -3.93. The second-order valence-corrected chi connectivity index (χ2v) is 7.91. The predicted octanol–water partition coefficient (Wildman–Crippen LogP) is -1.46. The van der Waals surface area contributed by atoms with Crippen molar-refractivity contribution in [2.75, 3.05) is 12.8 Å². The number of oxime groups is 1. The number of aromatic nitrogens is 1. The number of nitrogens with zero attached hydrogens (tertiary/aromatic N) is 3. The number of carbonyl (C=O) groups excluding carboxylic acids is 4. The van der Waals surface area contributed by atoms with Crippen molar-refractivity contribution in [3.05, 3.63) is 51.0 Å². The van der Waals surface area contributed by atoms with Gasteiger partial charge < -0.3 is 36.4 Å². The fourth-order valence-electron chi connectivity index (χ4n) is 2.84. The maximum absolute atomic E-state index is 12.7. The number of carbonyl (C=O) groups is 4. The van der Waals surface area contributed by atoms with Gasteiger partial charge in [-0.2, -0.15) is 0 Å². The fourth-order valence-corrected chi connectivity index (χ4v) is 3.39. The molecule has 3 amide bonds. The van der Waals surface area contributed by atoms with Crippen molar-refractivity contribution in [1.82, 2.24) is 15.6 Å². The van der Waals surface area contributed by atoms with Gasteiger partial charge in [0.25, 0.3) is 17.5 Å². The van der Waals surface area contributed by atoms with Gasteiger partial charge in [-0.15, -0.1) is 11.3 Å². The number of ether oxygens (including phenoxy) is 2. The van der Waals surface area contributed by atoms with E-state index >= 15 is 0 Å². The number of anilines is 1. The summed E-state index contributed by atoms with van der Waals surface area (Å²) in [7, 11) is 1.20. The third-order valence-electron chi connectivity index (χ3n) is 4.60. The summed E-state index contributed by atoms with van der Waals surface area (Å²) in [5.41, 5.74) is 10.9. The number of thiazole rings is 1. The minimum atomic E-state index is -1.93. The number of hydrogen-bond donors (Lipinski definition) is 4. The normalized spacial score (nSPS) is 17.8. The van der Waals surface area contributed by atoms with Gasteiger partial charge in [-0.1, -0.05) is 5.16 Å². The summed E-state index contributed by atoms with van der Waals surface area (Å²) in [4.78, 5) is 67.6. The van der Waals surface area contributed by atoms with Crippen molar-refractivity contribution in [2.45, 2.75) is 25.0 Å². The molecule has 1 aliphatic rings. The van der Waals surface area contributed by atoms with E-state index in [4.69, 9.17) is 20.9 Å². The summed E-state index contributed by atoms with van der Waals surface area (Å²) in [5, 5.41) is 20.5. The van der Waals surface area contributed by atoms with Crippen LogP contribution in [-0.4, -0.2) is 64.8 Å². The number of nitrogens with one attached hydrogen (secondary N) is 2. The summed E-state index contributed by atoms with van der Waals surface area (Å²) < 4.78 is 10.3. The first-order valence-electron chi connectivity index (χ1n) is 9.89. The number of benzene rings is 1. The number of nitro groups is 1. The van der Waals surface area contributed by atoms with Crippen LogP contribution >= 0.6 is 11.3 Å². The van der Waals surface area contributed by atoms with Crippen molar-refractivity contribution >= 4 is 51.6 Å². The molecule has 0 spiro atoms. The lowest BCUT2D eigenvalue weighted by Gasteiger charge is -2.37. The zero-order valence-corrected chi connectivity index (χ0v) is 19.2. The van der Waals surface area contributed by atoms with Crippen LogP contribution in [0.25, 0.3) is 0 Å². The molecule has 36 heavy (non-hydrogen) atoms. The molecular formula is C19H19N7O9S. The van der Waals surface area contributed by atoms with E-state index in [0.29, 0.717) is 5.56 Å². The molecule has 2 heterocycles. The molecule has 17 heteroatoms. The Morgan fingerprint density at radius 3 is 2.56 bits per heavy atom. The smallest absolute Gasteiger partial charge is 0.345 e. The molecule has 16 nitrogen and oxygen atoms in total. The van der Waals surface area contributed by atoms with Crippen LogP contribution in [-0.2, 0) is 40.1 Å². The maximum atomic E-state index is 12.7. The standard InChI is InChI=1S/C19H19N7O9S/c1-33-25-11(10-7-36-19(21)22-10)15(28)23-12-16(29)24-17(12)35-13(14(20)27)18(30)34-6-8-2-4-9(5-3-8)26(31)32/h2-5,7,12-13,17H,6H2,1H3,(H2,20,27)(H2,21,22)(H,23,28)(H,24,29)/b25-11-/t12-,13?,17+/m1/s1. The average molecular weight is 521 g/mol. The maximum Gasteiger partial charge on any atom is 0.345 e. The average Bonchev–Trinajstić information content (AvgIpc) is 3.27. The molecule has 0 radical (unpaired) electrons. The molecule has 6 N–H and O–H groups in total. The number of hydrogen-bond acceptors (Lipinski definition) is 13. The van der Waals surface area contributed by atoms with E-state index in [2.05, 4.69) is 25.6 Å². The highest BCUT2D eigenvalue weighted by atomic mass is 32.1. The number of β-lactam (4-membered cyclic amide) rings is 1. The lowest BCUT2D eigenvalue weighted by molar-refractivity contribution is -0.384. The predicted molar refractivity (Wildman–Crippen MR) is 121 cm³/mol. The highest BCUT2D eigenvalue weighted by Crippen LogP contribution is 2.16. The van der Waals surface area contributed by atoms with Gasteiger partial charge in [0.15, 0.2) is 23.1 Å². The van der Waals surface area contributed by atoms with Gasteiger partial charge in [0.05, 0.1) is 4.92 Å². The first-order valence-corrected chi connectivity index (χ1v) is 10.8. The lowest BCUT2D eigenvalue weighted by atomic mass is 10.1. The second-order valence-electron chi connectivity index (χ2n) is 7.02. The van der Waals surface area contributed by atoms with E-state index in [-0.39, 0.29) is 28.8 Å². The number of amides is 3. The molecular weight excluding hydrogens is 502 g/mol. The van der Waals surface area contributed by atoms with Gasteiger partial charge in [-0.25, -0.2) is 9.78 Å². The molecule has 1 aromatic heterocycles. The molecule has 1 fully saturated rings. The summed E-state index contributed by atoms with van der Waals surface area (Å²) in [6, 6.07) is 3.82. The summed E-state index contributed by atoms with van der Waals surface area (Å²) in [6.45, 7) is -0.339. The Morgan fingerprint density at radius 1 is 1.33 bits per heavy atom. The number of nitrogen functional groups attached to an aromatic ring is 1. The molecule has 1 aliphatic heterocycles. The zero-order chi connectivity index (χ0) is 26.4. The number of rotatable bonds is 11. The Labute approximate surface area is 205 Å². The number of primary amides is 1. The van der Waals surface area contributed by atoms with E-state index in [0.717, 1.165) is 11.3 Å². The number of nitrogens with two attached hydrogens (primary N) is 2. The van der Waals surface area contributed by atoms with Crippen LogP contribution in [0.15, 0.2) is 34.8 Å². The van der Waals surface area contributed by atoms with Crippen LogP contribution in [0, 0.1) is 10.1 Å². The molecule has 1 aromatic carbocycles. The highest BCUT2D eigenvalue weighted by Gasteiger charge is 2.46. The van der Waals surface area contributed by atoms with Crippen molar-refractivity contribution < 1.29 is 38.4 Å². The molecule has 3 atom stereocenters. The molecule has 1 saturated heterocycles. The van der Waals surface area contributed by atoms with E-state index in [1.165, 1.54) is 36.8 Å². The van der Waals surface area contributed by atoms with Gasteiger partial charge in [0, 0.05) is 17.5 Å². The number of esters is 1. The van der Waals surface area contributed by atoms with Crippen LogP contribution in [0.3, 0.4) is 0 Å². The SMILES string of the molecule is CO/N=C(\C(=O)N[C@@H]1C(=O)N[C@H]1OC(C(N)=O)C(=O)OCc1ccc([N+](=O)[O-])cc1)c1csc(N)n1. The molecule has 2 aromatic rings.